The standard InChI is InChI=1S/C8H19NO/c1-5-7(3)9-8(4,10)6-2/h7,9-10H,5-6H2,1-4H3. The molecule has 62 valence electrons. The minimum absolute atomic E-state index is 0.398. The van der Waals surface area contributed by atoms with Crippen LogP contribution in [-0.2, 0) is 0 Å². The van der Waals surface area contributed by atoms with E-state index in [1.807, 2.05) is 6.92 Å². The Bertz CT molecular complexity index is 91.3. The van der Waals surface area contributed by atoms with Crippen LogP contribution in [0.2, 0.25) is 0 Å². The number of nitrogens with one attached hydrogen (secondary N) is 1. The van der Waals surface area contributed by atoms with Gasteiger partial charge in [0.1, 0.15) is 5.72 Å². The molecule has 10 heavy (non-hydrogen) atoms. The summed E-state index contributed by atoms with van der Waals surface area (Å²) < 4.78 is 0. The Kier molecular flexibility index (Phi) is 3.91. The van der Waals surface area contributed by atoms with Gasteiger partial charge in [0.05, 0.1) is 0 Å². The molecule has 0 spiro atoms. The summed E-state index contributed by atoms with van der Waals surface area (Å²) in [5, 5.41) is 12.6. The first-order valence-electron chi connectivity index (χ1n) is 4.02. The van der Waals surface area contributed by atoms with Crippen molar-refractivity contribution in [3.05, 3.63) is 0 Å². The molecule has 0 aromatic heterocycles. The van der Waals surface area contributed by atoms with Crippen LogP contribution < -0.4 is 5.32 Å². The third-order valence-corrected chi connectivity index (χ3v) is 1.86. The fourth-order valence-corrected chi connectivity index (χ4v) is 0.735. The highest BCUT2D eigenvalue weighted by atomic mass is 16.3. The van der Waals surface area contributed by atoms with E-state index in [4.69, 9.17) is 0 Å². The van der Waals surface area contributed by atoms with Crippen molar-refractivity contribution in [3.63, 3.8) is 0 Å². The van der Waals surface area contributed by atoms with Crippen molar-refractivity contribution >= 4 is 0 Å². The molecule has 2 heteroatoms. The molecule has 0 aliphatic rings. The molecule has 2 N–H and O–H groups in total. The SMILES string of the molecule is CCC(C)NC(C)(O)CC. The monoisotopic (exact) mass is 145 g/mol. The molecule has 0 aromatic carbocycles. The molecule has 0 heterocycles. The average Bonchev–Trinajstić information content (AvgIpc) is 1.87. The minimum atomic E-state index is -0.685. The predicted octanol–water partition coefficient (Wildman–Crippen LogP) is 1.49. The minimum Gasteiger partial charge on any atom is -0.376 e. The zero-order valence-corrected chi connectivity index (χ0v) is 7.44. The van der Waals surface area contributed by atoms with E-state index in [1.165, 1.54) is 0 Å². The van der Waals surface area contributed by atoms with Crippen molar-refractivity contribution in [1.29, 1.82) is 0 Å². The van der Waals surface area contributed by atoms with Gasteiger partial charge >= 0.3 is 0 Å². The first-order chi connectivity index (χ1) is 4.52. The van der Waals surface area contributed by atoms with E-state index in [1.54, 1.807) is 6.92 Å². The number of hydrogen-bond acceptors (Lipinski definition) is 2. The fraction of sp³-hybridized carbons (Fsp3) is 1.00. The van der Waals surface area contributed by atoms with Crippen LogP contribution in [0, 0.1) is 0 Å². The van der Waals surface area contributed by atoms with Crippen molar-refractivity contribution in [1.82, 2.24) is 5.32 Å². The molecule has 2 unspecified atom stereocenters. The van der Waals surface area contributed by atoms with Crippen LogP contribution in [0.25, 0.3) is 0 Å². The van der Waals surface area contributed by atoms with Crippen LogP contribution in [0.1, 0.15) is 40.5 Å². The summed E-state index contributed by atoms with van der Waals surface area (Å²) in [6.07, 6.45) is 1.80. The fourth-order valence-electron chi connectivity index (χ4n) is 0.735. The Morgan fingerprint density at radius 1 is 1.50 bits per heavy atom. The zero-order chi connectivity index (χ0) is 8.20. The second-order valence-corrected chi connectivity index (χ2v) is 3.08. The highest BCUT2D eigenvalue weighted by molar-refractivity contribution is 4.71. The third kappa shape index (κ3) is 3.85. The molecule has 0 saturated heterocycles. The molecule has 0 aliphatic heterocycles. The lowest BCUT2D eigenvalue weighted by Gasteiger charge is -2.26. The predicted molar refractivity (Wildman–Crippen MR) is 43.8 cm³/mol. The van der Waals surface area contributed by atoms with E-state index in [9.17, 15) is 5.11 Å². The lowest BCUT2D eigenvalue weighted by atomic mass is 10.1. The Morgan fingerprint density at radius 2 is 2.00 bits per heavy atom. The summed E-state index contributed by atoms with van der Waals surface area (Å²) in [7, 11) is 0. The highest BCUT2D eigenvalue weighted by Gasteiger charge is 2.17. The van der Waals surface area contributed by atoms with Gasteiger partial charge in [0.2, 0.25) is 0 Å². The molecule has 2 atom stereocenters. The van der Waals surface area contributed by atoms with Gasteiger partial charge in [0, 0.05) is 6.04 Å². The van der Waals surface area contributed by atoms with Gasteiger partial charge in [-0.2, -0.15) is 0 Å². The second kappa shape index (κ2) is 3.94. The third-order valence-electron chi connectivity index (χ3n) is 1.86. The molecular weight excluding hydrogens is 126 g/mol. The molecule has 0 amide bonds. The summed E-state index contributed by atoms with van der Waals surface area (Å²) in [6.45, 7) is 7.95. The highest BCUT2D eigenvalue weighted by Crippen LogP contribution is 2.05. The van der Waals surface area contributed by atoms with Gasteiger partial charge in [0.15, 0.2) is 0 Å². The van der Waals surface area contributed by atoms with Gasteiger partial charge < -0.3 is 5.11 Å². The zero-order valence-electron chi connectivity index (χ0n) is 7.44. The quantitative estimate of drug-likeness (QED) is 0.587. The van der Waals surface area contributed by atoms with E-state index in [2.05, 4.69) is 19.2 Å². The summed E-state index contributed by atoms with van der Waals surface area (Å²) in [5.41, 5.74) is -0.685. The maximum Gasteiger partial charge on any atom is 0.113 e. The van der Waals surface area contributed by atoms with E-state index < -0.39 is 5.72 Å². The second-order valence-electron chi connectivity index (χ2n) is 3.08. The smallest absolute Gasteiger partial charge is 0.113 e. The average molecular weight is 145 g/mol. The maximum atomic E-state index is 9.51. The van der Waals surface area contributed by atoms with Gasteiger partial charge in [-0.25, -0.2) is 0 Å². The van der Waals surface area contributed by atoms with Crippen LogP contribution in [0.5, 0.6) is 0 Å². The van der Waals surface area contributed by atoms with Crippen LogP contribution in [0.15, 0.2) is 0 Å². The largest absolute Gasteiger partial charge is 0.376 e. The lowest BCUT2D eigenvalue weighted by molar-refractivity contribution is 0.0102. The van der Waals surface area contributed by atoms with Crippen molar-refractivity contribution in [3.8, 4) is 0 Å². The van der Waals surface area contributed by atoms with Crippen LogP contribution in [0.3, 0.4) is 0 Å². The molecule has 0 aliphatic carbocycles. The van der Waals surface area contributed by atoms with Crippen molar-refractivity contribution in [2.45, 2.75) is 52.3 Å². The van der Waals surface area contributed by atoms with Gasteiger partial charge in [-0.15, -0.1) is 0 Å². The summed E-state index contributed by atoms with van der Waals surface area (Å²) in [4.78, 5) is 0. The van der Waals surface area contributed by atoms with E-state index in [0.717, 1.165) is 12.8 Å². The van der Waals surface area contributed by atoms with Gasteiger partial charge in [-0.1, -0.05) is 13.8 Å². The molecule has 0 bridgehead atoms. The molecule has 0 saturated carbocycles. The molecular formula is C8H19NO. The molecule has 2 nitrogen and oxygen atoms in total. The number of rotatable bonds is 4. The van der Waals surface area contributed by atoms with Crippen LogP contribution in [-0.4, -0.2) is 16.9 Å². The van der Waals surface area contributed by atoms with Crippen molar-refractivity contribution in [2.24, 2.45) is 0 Å². The molecule has 0 radical (unpaired) electrons. The van der Waals surface area contributed by atoms with Gasteiger partial charge in [-0.05, 0) is 26.7 Å². The van der Waals surface area contributed by atoms with Gasteiger partial charge in [-0.3, -0.25) is 5.32 Å². The van der Waals surface area contributed by atoms with Gasteiger partial charge in [0.25, 0.3) is 0 Å². The normalized spacial score (nSPS) is 20.1. The summed E-state index contributed by atoms with van der Waals surface area (Å²) in [6, 6.07) is 0.398. The van der Waals surface area contributed by atoms with Crippen molar-refractivity contribution in [2.75, 3.05) is 0 Å². The van der Waals surface area contributed by atoms with Crippen molar-refractivity contribution < 1.29 is 5.11 Å². The summed E-state index contributed by atoms with van der Waals surface area (Å²) in [5.74, 6) is 0. The Hall–Kier alpha value is -0.0800. The summed E-state index contributed by atoms with van der Waals surface area (Å²) >= 11 is 0. The molecule has 0 rings (SSSR count). The first-order valence-corrected chi connectivity index (χ1v) is 4.02. The van der Waals surface area contributed by atoms with E-state index >= 15 is 0 Å². The number of aliphatic hydroxyl groups is 1. The first kappa shape index (κ1) is 9.92. The van der Waals surface area contributed by atoms with E-state index in [-0.39, 0.29) is 0 Å². The van der Waals surface area contributed by atoms with Crippen LogP contribution in [0.4, 0.5) is 0 Å². The Morgan fingerprint density at radius 3 is 2.30 bits per heavy atom. The molecule has 0 fully saturated rings. The Labute approximate surface area is 63.6 Å². The lowest BCUT2D eigenvalue weighted by Crippen LogP contribution is -2.46. The topological polar surface area (TPSA) is 32.3 Å². The number of hydrogen-bond donors (Lipinski definition) is 2. The Balaban J connectivity index is 3.64. The molecule has 0 aromatic rings. The van der Waals surface area contributed by atoms with Crippen LogP contribution >= 0.6 is 0 Å². The van der Waals surface area contributed by atoms with E-state index in [0.29, 0.717) is 6.04 Å². The maximum absolute atomic E-state index is 9.51.